The molecule has 0 bridgehead atoms. The summed E-state index contributed by atoms with van der Waals surface area (Å²) in [5.74, 6) is 0.497. The van der Waals surface area contributed by atoms with Crippen molar-refractivity contribution in [2.45, 2.75) is 47.5 Å². The molecule has 2 aromatic carbocycles. The van der Waals surface area contributed by atoms with E-state index in [0.29, 0.717) is 12.5 Å². The molecule has 0 saturated heterocycles. The predicted molar refractivity (Wildman–Crippen MR) is 113 cm³/mol. The molecule has 4 heteroatoms. The maximum absolute atomic E-state index is 6.60. The Balaban J connectivity index is 0. The van der Waals surface area contributed by atoms with Crippen LogP contribution in [0.5, 0.6) is 0 Å². The van der Waals surface area contributed by atoms with Crippen LogP contribution in [0.25, 0.3) is 22.1 Å². The monoisotopic (exact) mass is 451 g/mol. The van der Waals surface area contributed by atoms with Gasteiger partial charge in [0.25, 0.3) is 0 Å². The number of benzene rings is 2. The molecular weight excluding hydrogens is 421 g/mol. The topological polar surface area (TPSA) is 23.8 Å². The Kier molecular flexibility index (Phi) is 14.2. The van der Waals surface area contributed by atoms with E-state index >= 15 is 0 Å². The van der Waals surface area contributed by atoms with Gasteiger partial charge >= 0.3 is 21.7 Å². The molecule has 1 unspecified atom stereocenters. The molecule has 28 heavy (non-hydrogen) atoms. The summed E-state index contributed by atoms with van der Waals surface area (Å²) < 4.78 is 0. The van der Waals surface area contributed by atoms with E-state index in [-0.39, 0.29) is 46.5 Å². The summed E-state index contributed by atoms with van der Waals surface area (Å²) in [5.41, 5.74) is 14.9. The van der Waals surface area contributed by atoms with Gasteiger partial charge in [-0.05, 0) is 32.3 Å². The van der Waals surface area contributed by atoms with E-state index in [4.69, 9.17) is 5.73 Å². The van der Waals surface area contributed by atoms with Gasteiger partial charge < -0.3 is 30.5 Å². The first-order valence-electron chi connectivity index (χ1n) is 9.31. The number of rotatable bonds is 3. The Morgan fingerprint density at radius 2 is 1.57 bits per heavy atom. The Morgan fingerprint density at radius 3 is 2.04 bits per heavy atom. The van der Waals surface area contributed by atoms with Crippen molar-refractivity contribution in [3.05, 3.63) is 76.9 Å². The molecule has 1 aliphatic rings. The Labute approximate surface area is 198 Å². The van der Waals surface area contributed by atoms with Gasteiger partial charge in [-0.25, -0.2) is 0 Å². The Morgan fingerprint density at radius 1 is 0.964 bits per heavy atom. The number of hydrogen-bond donors (Lipinski definition) is 0. The summed E-state index contributed by atoms with van der Waals surface area (Å²) in [6, 6.07) is 13.0. The number of halogens is 2. The zero-order valence-corrected chi connectivity index (χ0v) is 20.7. The molecule has 1 aliphatic carbocycles. The third-order valence-corrected chi connectivity index (χ3v) is 5.50. The zero-order valence-electron chi connectivity index (χ0n) is 17.6. The van der Waals surface area contributed by atoms with Crippen LogP contribution in [0.2, 0.25) is 0 Å². The van der Waals surface area contributed by atoms with E-state index in [1.54, 1.807) is 0 Å². The number of hydrogen-bond acceptors (Lipinski definition) is 0. The van der Waals surface area contributed by atoms with Crippen LogP contribution >= 0.6 is 0 Å². The largest absolute Gasteiger partial charge is 2.00 e. The van der Waals surface area contributed by atoms with Gasteiger partial charge in [0.2, 0.25) is 0 Å². The van der Waals surface area contributed by atoms with Crippen molar-refractivity contribution in [3.63, 3.8) is 0 Å². The van der Waals surface area contributed by atoms with Gasteiger partial charge in [-0.1, -0.05) is 73.1 Å². The molecule has 0 amide bonds. The Hall–Kier alpha value is -0.696. The molecule has 152 valence electrons. The van der Waals surface area contributed by atoms with E-state index in [9.17, 15) is 0 Å². The summed E-state index contributed by atoms with van der Waals surface area (Å²) in [5, 5.41) is 2.53. The van der Waals surface area contributed by atoms with E-state index in [2.05, 4.69) is 77.9 Å². The molecule has 0 heterocycles. The second-order valence-electron chi connectivity index (χ2n) is 6.98. The molecule has 0 aromatic heterocycles. The number of fused-ring (bicyclic) bond motifs is 1. The minimum absolute atomic E-state index is 0. The summed E-state index contributed by atoms with van der Waals surface area (Å²) in [6.07, 6.45) is 2.21. The molecule has 1 nitrogen and oxygen atoms in total. The normalized spacial score (nSPS) is 15.3. The van der Waals surface area contributed by atoms with E-state index < -0.39 is 0 Å². The molecule has 2 aromatic rings. The first-order valence-corrected chi connectivity index (χ1v) is 9.31. The smallest absolute Gasteiger partial charge is 1.00 e. The maximum Gasteiger partial charge on any atom is 2.00 e. The summed E-state index contributed by atoms with van der Waals surface area (Å²) in [6.45, 7) is 16.1. The molecule has 1 atom stereocenters. The van der Waals surface area contributed by atoms with E-state index in [1.807, 2.05) is 0 Å². The zero-order chi connectivity index (χ0) is 18.6. The van der Waals surface area contributed by atoms with Gasteiger partial charge in [0.1, 0.15) is 0 Å². The van der Waals surface area contributed by atoms with Crippen molar-refractivity contribution >= 4 is 16.3 Å². The molecule has 1 N–H and O–H groups in total. The molecular formula is C24H31Cl2NTi-2. The van der Waals surface area contributed by atoms with Crippen LogP contribution in [-0.2, 0) is 21.7 Å². The molecule has 0 spiro atoms. The first-order chi connectivity index (χ1) is 11.9. The van der Waals surface area contributed by atoms with Crippen molar-refractivity contribution in [2.24, 2.45) is 5.92 Å². The fourth-order valence-electron chi connectivity index (χ4n) is 3.56. The van der Waals surface area contributed by atoms with Crippen LogP contribution in [0.4, 0.5) is 0 Å². The molecule has 0 saturated carbocycles. The summed E-state index contributed by atoms with van der Waals surface area (Å²) in [7, 11) is 0. The number of allylic oxidation sites excluding steroid dienone is 4. The fraction of sp³-hybridized carbons (Fsp3) is 0.375. The molecule has 3 rings (SSSR count). The number of nitrogens with one attached hydrogen (secondary N) is 1. The Bertz CT molecular complexity index is 822. The summed E-state index contributed by atoms with van der Waals surface area (Å²) in [4.78, 5) is 0. The third kappa shape index (κ3) is 6.15. The van der Waals surface area contributed by atoms with Crippen LogP contribution in [0.3, 0.4) is 0 Å². The standard InChI is InChI=1S/C20H21.C4H10N.2ClH.Ti/c1-12-13(2)15(4)20(14(12)3)19-11-10-17-8-6-7-9-18(17)16(19)5;1-2-3-4-5;;;/h6-11,14H,5H2,1-4H3;5H,2-4H2,1H3;2*1H;/q2*-1;;;+2/p-2. The van der Waals surface area contributed by atoms with Crippen LogP contribution < -0.4 is 24.8 Å². The third-order valence-electron chi connectivity index (χ3n) is 5.50. The van der Waals surface area contributed by atoms with Crippen molar-refractivity contribution in [1.82, 2.24) is 0 Å². The molecule has 0 aliphatic heterocycles. The van der Waals surface area contributed by atoms with Crippen LogP contribution in [-0.4, -0.2) is 6.54 Å². The van der Waals surface area contributed by atoms with E-state index in [0.717, 1.165) is 18.4 Å². The second kappa shape index (κ2) is 13.5. The predicted octanol–water partition coefficient (Wildman–Crippen LogP) is 1.63. The maximum atomic E-state index is 6.60. The van der Waals surface area contributed by atoms with Crippen molar-refractivity contribution in [3.8, 4) is 0 Å². The average molecular weight is 452 g/mol. The quantitative estimate of drug-likeness (QED) is 0.500. The second-order valence-corrected chi connectivity index (χ2v) is 6.98. The van der Waals surface area contributed by atoms with Gasteiger partial charge in [-0.2, -0.15) is 19.0 Å². The van der Waals surface area contributed by atoms with Crippen molar-refractivity contribution < 1.29 is 46.5 Å². The number of unbranched alkanes of at least 4 members (excludes halogenated alkanes) is 1. The van der Waals surface area contributed by atoms with E-state index in [1.165, 1.54) is 38.6 Å². The minimum Gasteiger partial charge on any atom is -1.00 e. The minimum atomic E-state index is 0. The fourth-order valence-corrected chi connectivity index (χ4v) is 3.56. The van der Waals surface area contributed by atoms with Crippen LogP contribution in [0.1, 0.15) is 58.6 Å². The van der Waals surface area contributed by atoms with Crippen molar-refractivity contribution in [1.29, 1.82) is 0 Å². The van der Waals surface area contributed by atoms with Crippen LogP contribution in [0, 0.1) is 12.8 Å². The molecule has 0 fully saturated rings. The average Bonchev–Trinajstić information content (AvgIpc) is 2.81. The van der Waals surface area contributed by atoms with Crippen LogP contribution in [0.15, 0.2) is 53.1 Å². The van der Waals surface area contributed by atoms with Crippen molar-refractivity contribution in [2.75, 3.05) is 6.54 Å². The summed E-state index contributed by atoms with van der Waals surface area (Å²) >= 11 is 0. The van der Waals surface area contributed by atoms with Gasteiger partial charge in [0.05, 0.1) is 0 Å². The SMILES string of the molecule is CCCC[NH-].[CH2-]c1c(C2=C(C)C(C)=C(C)C2C)ccc2ccccc12.[Cl-].[Cl-].[Ti+2]. The van der Waals surface area contributed by atoms with Gasteiger partial charge in [-0.15, -0.1) is 23.1 Å². The molecule has 0 radical (unpaired) electrons. The first kappa shape index (κ1) is 29.5. The van der Waals surface area contributed by atoms with Gasteiger partial charge in [-0.3, -0.25) is 0 Å². The van der Waals surface area contributed by atoms with Gasteiger partial charge in [0.15, 0.2) is 0 Å². The van der Waals surface area contributed by atoms with Gasteiger partial charge in [0, 0.05) is 0 Å².